The zero-order chi connectivity index (χ0) is 19.3. The monoisotopic (exact) mass is 356 g/mol. The summed E-state index contributed by atoms with van der Waals surface area (Å²) < 4.78 is 12.9. The minimum atomic E-state index is -0.355. The van der Waals surface area contributed by atoms with Gasteiger partial charge in [0.25, 0.3) is 0 Å². The normalized spacial score (nSPS) is 10.7. The highest BCUT2D eigenvalue weighted by Crippen LogP contribution is 2.31. The summed E-state index contributed by atoms with van der Waals surface area (Å²) >= 11 is 0. The van der Waals surface area contributed by atoms with Crippen molar-refractivity contribution in [3.63, 3.8) is 0 Å². The molecule has 0 aromatic heterocycles. The van der Waals surface area contributed by atoms with Gasteiger partial charge in [-0.15, -0.1) is 0 Å². The number of para-hydroxylation sites is 1. The molecule has 0 aliphatic heterocycles. The van der Waals surface area contributed by atoms with Gasteiger partial charge in [-0.2, -0.15) is 0 Å². The Labute approximate surface area is 154 Å². The molecular formula is C21H25FN2O2. The van der Waals surface area contributed by atoms with Gasteiger partial charge in [-0.1, -0.05) is 32.0 Å². The lowest BCUT2D eigenvalue weighted by molar-refractivity contribution is -0.117. The lowest BCUT2D eigenvalue weighted by Gasteiger charge is -2.27. The fourth-order valence-electron chi connectivity index (χ4n) is 2.91. The van der Waals surface area contributed by atoms with E-state index in [1.807, 2.05) is 25.1 Å². The molecule has 0 spiro atoms. The molecule has 0 aliphatic carbocycles. The third-order valence-corrected chi connectivity index (χ3v) is 4.23. The fraction of sp³-hybridized carbons (Fsp3) is 0.333. The first kappa shape index (κ1) is 19.6. The molecule has 2 rings (SSSR count). The number of aryl methyl sites for hydroxylation is 1. The lowest BCUT2D eigenvalue weighted by Crippen LogP contribution is -2.33. The summed E-state index contributed by atoms with van der Waals surface area (Å²) in [7, 11) is 0. The molecule has 0 bridgehead atoms. The number of rotatable bonds is 6. The average molecular weight is 356 g/mol. The van der Waals surface area contributed by atoms with Crippen LogP contribution in [0.1, 0.15) is 44.2 Å². The molecule has 2 aromatic rings. The Bertz CT molecular complexity index is 785. The third-order valence-electron chi connectivity index (χ3n) is 4.23. The van der Waals surface area contributed by atoms with Crippen LogP contribution in [0.15, 0.2) is 42.5 Å². The van der Waals surface area contributed by atoms with Crippen LogP contribution in [0.3, 0.4) is 0 Å². The predicted molar refractivity (Wildman–Crippen MR) is 103 cm³/mol. The molecule has 2 amide bonds. The number of anilines is 2. The van der Waals surface area contributed by atoms with Crippen LogP contribution in [0, 0.1) is 12.7 Å². The van der Waals surface area contributed by atoms with E-state index < -0.39 is 0 Å². The third kappa shape index (κ3) is 4.91. The molecule has 0 aliphatic rings. The molecule has 0 heterocycles. The minimum absolute atomic E-state index is 0.101. The van der Waals surface area contributed by atoms with Crippen LogP contribution in [-0.2, 0) is 9.59 Å². The molecule has 138 valence electrons. The highest BCUT2D eigenvalue weighted by atomic mass is 19.1. The Morgan fingerprint density at radius 3 is 2.35 bits per heavy atom. The van der Waals surface area contributed by atoms with Crippen LogP contribution in [-0.4, -0.2) is 18.4 Å². The number of halogens is 1. The van der Waals surface area contributed by atoms with E-state index in [1.54, 1.807) is 4.90 Å². The molecule has 0 radical (unpaired) electrons. The van der Waals surface area contributed by atoms with Gasteiger partial charge in [0.2, 0.25) is 11.8 Å². The zero-order valence-corrected chi connectivity index (χ0v) is 15.7. The maximum atomic E-state index is 12.9. The molecule has 26 heavy (non-hydrogen) atoms. The predicted octanol–water partition coefficient (Wildman–Crippen LogP) is 4.64. The molecule has 0 unspecified atom stereocenters. The van der Waals surface area contributed by atoms with E-state index in [1.165, 1.54) is 31.2 Å². The van der Waals surface area contributed by atoms with E-state index in [0.29, 0.717) is 5.69 Å². The van der Waals surface area contributed by atoms with Crippen molar-refractivity contribution >= 4 is 23.2 Å². The van der Waals surface area contributed by atoms with Crippen LogP contribution in [0.2, 0.25) is 0 Å². The van der Waals surface area contributed by atoms with E-state index in [4.69, 9.17) is 0 Å². The van der Waals surface area contributed by atoms with Crippen LogP contribution < -0.4 is 10.2 Å². The molecule has 2 aromatic carbocycles. The van der Waals surface area contributed by atoms with Crippen LogP contribution in [0.4, 0.5) is 15.8 Å². The van der Waals surface area contributed by atoms with E-state index in [0.717, 1.165) is 16.8 Å². The summed E-state index contributed by atoms with van der Waals surface area (Å²) in [4.78, 5) is 26.1. The Morgan fingerprint density at radius 1 is 1.12 bits per heavy atom. The topological polar surface area (TPSA) is 49.4 Å². The van der Waals surface area contributed by atoms with Gasteiger partial charge in [-0.05, 0) is 48.2 Å². The maximum absolute atomic E-state index is 12.9. The Morgan fingerprint density at radius 2 is 1.77 bits per heavy atom. The van der Waals surface area contributed by atoms with E-state index in [9.17, 15) is 14.0 Å². The largest absolute Gasteiger partial charge is 0.326 e. The number of carbonyl (C=O) groups is 2. The molecule has 0 fully saturated rings. The van der Waals surface area contributed by atoms with E-state index in [2.05, 4.69) is 19.2 Å². The highest BCUT2D eigenvalue weighted by molar-refractivity contribution is 5.96. The lowest BCUT2D eigenvalue weighted by atomic mass is 9.97. The first-order valence-corrected chi connectivity index (χ1v) is 8.72. The SMILES string of the molecule is CC(=O)N(CCC(=O)Nc1ccc(F)cc1)c1c(C)cccc1C(C)C. The number of nitrogens with one attached hydrogen (secondary N) is 1. The smallest absolute Gasteiger partial charge is 0.226 e. The molecule has 0 atom stereocenters. The van der Waals surface area contributed by atoms with Gasteiger partial charge < -0.3 is 10.2 Å². The summed E-state index contributed by atoms with van der Waals surface area (Å²) in [6, 6.07) is 11.6. The molecular weight excluding hydrogens is 331 g/mol. The van der Waals surface area contributed by atoms with Crippen molar-refractivity contribution in [3.8, 4) is 0 Å². The first-order valence-electron chi connectivity index (χ1n) is 8.72. The summed E-state index contributed by atoms with van der Waals surface area (Å²) in [5, 5.41) is 2.72. The van der Waals surface area contributed by atoms with Gasteiger partial charge in [0.1, 0.15) is 5.82 Å². The highest BCUT2D eigenvalue weighted by Gasteiger charge is 2.20. The second kappa shape index (κ2) is 8.61. The number of benzene rings is 2. The first-order chi connectivity index (χ1) is 12.3. The summed E-state index contributed by atoms with van der Waals surface area (Å²) in [6.45, 7) is 7.92. The summed E-state index contributed by atoms with van der Waals surface area (Å²) in [5.74, 6) is -0.412. The van der Waals surface area contributed by atoms with Crippen molar-refractivity contribution in [2.75, 3.05) is 16.8 Å². The van der Waals surface area contributed by atoms with Crippen molar-refractivity contribution in [2.24, 2.45) is 0 Å². The van der Waals surface area contributed by atoms with Crippen molar-refractivity contribution < 1.29 is 14.0 Å². The molecule has 1 N–H and O–H groups in total. The standard InChI is InChI=1S/C21H25FN2O2/c1-14(2)19-7-5-6-15(3)21(19)24(16(4)25)13-12-20(26)23-18-10-8-17(22)9-11-18/h5-11,14H,12-13H2,1-4H3,(H,23,26). The van der Waals surface area contributed by atoms with Crippen molar-refractivity contribution in [1.82, 2.24) is 0 Å². The van der Waals surface area contributed by atoms with Gasteiger partial charge in [-0.25, -0.2) is 4.39 Å². The van der Waals surface area contributed by atoms with Crippen LogP contribution in [0.25, 0.3) is 0 Å². The van der Waals surface area contributed by atoms with Gasteiger partial charge >= 0.3 is 0 Å². The van der Waals surface area contributed by atoms with Gasteiger partial charge in [0.15, 0.2) is 0 Å². The second-order valence-corrected chi connectivity index (χ2v) is 6.64. The molecule has 0 saturated heterocycles. The number of hydrogen-bond acceptors (Lipinski definition) is 2. The molecule has 0 saturated carbocycles. The van der Waals surface area contributed by atoms with Gasteiger partial charge in [0.05, 0.1) is 0 Å². The minimum Gasteiger partial charge on any atom is -0.326 e. The summed E-state index contributed by atoms with van der Waals surface area (Å²) in [5.41, 5.74) is 3.50. The quantitative estimate of drug-likeness (QED) is 0.820. The second-order valence-electron chi connectivity index (χ2n) is 6.64. The van der Waals surface area contributed by atoms with Gasteiger partial charge in [0, 0.05) is 31.3 Å². The van der Waals surface area contributed by atoms with Crippen molar-refractivity contribution in [2.45, 2.75) is 40.0 Å². The maximum Gasteiger partial charge on any atom is 0.226 e. The molecule has 4 nitrogen and oxygen atoms in total. The fourth-order valence-corrected chi connectivity index (χ4v) is 2.91. The number of carbonyl (C=O) groups excluding carboxylic acids is 2. The van der Waals surface area contributed by atoms with E-state index >= 15 is 0 Å². The molecule has 5 heteroatoms. The Balaban J connectivity index is 2.13. The number of amides is 2. The zero-order valence-electron chi connectivity index (χ0n) is 15.7. The van der Waals surface area contributed by atoms with Crippen molar-refractivity contribution in [1.29, 1.82) is 0 Å². The van der Waals surface area contributed by atoms with Crippen molar-refractivity contribution in [3.05, 3.63) is 59.4 Å². The van der Waals surface area contributed by atoms with Crippen LogP contribution >= 0.6 is 0 Å². The van der Waals surface area contributed by atoms with Crippen LogP contribution in [0.5, 0.6) is 0 Å². The average Bonchev–Trinajstić information content (AvgIpc) is 2.57. The Hall–Kier alpha value is -2.69. The van der Waals surface area contributed by atoms with E-state index in [-0.39, 0.29) is 36.5 Å². The Kier molecular flexibility index (Phi) is 6.50. The van der Waals surface area contributed by atoms with Gasteiger partial charge in [-0.3, -0.25) is 9.59 Å². The number of hydrogen-bond donors (Lipinski definition) is 1. The summed E-state index contributed by atoms with van der Waals surface area (Å²) in [6.07, 6.45) is 0.156. The number of nitrogens with zero attached hydrogens (tertiary/aromatic N) is 1.